The zero-order valence-corrected chi connectivity index (χ0v) is 17.2. The van der Waals surface area contributed by atoms with E-state index >= 15 is 0 Å². The van der Waals surface area contributed by atoms with Gasteiger partial charge in [-0.2, -0.15) is 4.99 Å². The summed E-state index contributed by atoms with van der Waals surface area (Å²) in [5, 5.41) is 0. The molecule has 1 aromatic rings. The first-order valence-corrected chi connectivity index (χ1v) is 9.33. The number of anilines is 1. The molecule has 0 atom stereocenters. The van der Waals surface area contributed by atoms with E-state index in [2.05, 4.69) is 9.98 Å². The van der Waals surface area contributed by atoms with Crippen LogP contribution in [0.3, 0.4) is 0 Å². The van der Waals surface area contributed by atoms with Crippen LogP contribution in [0.4, 0.5) is 5.69 Å². The number of nitrogens with zero attached hydrogens (tertiary/aromatic N) is 3. The number of rotatable bonds is 5. The highest BCUT2D eigenvalue weighted by Gasteiger charge is 2.46. The zero-order valence-electron chi connectivity index (χ0n) is 17.2. The van der Waals surface area contributed by atoms with Crippen molar-refractivity contribution in [3.8, 4) is 17.2 Å². The predicted octanol–water partition coefficient (Wildman–Crippen LogP) is 1.61. The lowest BCUT2D eigenvalue weighted by atomic mass is 9.86. The summed E-state index contributed by atoms with van der Waals surface area (Å²) in [5.41, 5.74) is 12.1. The molecular weight excluding hydrogens is 378 g/mol. The molecule has 0 amide bonds. The van der Waals surface area contributed by atoms with Gasteiger partial charge in [-0.1, -0.05) is 6.42 Å². The summed E-state index contributed by atoms with van der Waals surface area (Å²) < 4.78 is 21.6. The average molecular weight is 405 g/mol. The van der Waals surface area contributed by atoms with Crippen LogP contribution < -0.4 is 30.6 Å². The van der Waals surface area contributed by atoms with Crippen LogP contribution in [0.5, 0.6) is 17.2 Å². The SMILES string of the molecule is COC(=O)c1cc(OC)c(OC)c(OC)c1N1C(N)=NC(N)=NC12CCCCC2. The number of benzene rings is 1. The van der Waals surface area contributed by atoms with Gasteiger partial charge in [-0.15, -0.1) is 0 Å². The highest BCUT2D eigenvalue weighted by Crippen LogP contribution is 2.51. The van der Waals surface area contributed by atoms with Crippen LogP contribution in [0.2, 0.25) is 0 Å². The fraction of sp³-hybridized carbons (Fsp3) is 0.526. The predicted molar refractivity (Wildman–Crippen MR) is 109 cm³/mol. The topological polar surface area (TPSA) is 134 Å². The molecule has 0 bridgehead atoms. The number of esters is 1. The van der Waals surface area contributed by atoms with Crippen molar-refractivity contribution in [3.63, 3.8) is 0 Å². The third kappa shape index (κ3) is 3.39. The lowest BCUT2D eigenvalue weighted by Crippen LogP contribution is -2.58. The van der Waals surface area contributed by atoms with Crippen molar-refractivity contribution in [2.24, 2.45) is 21.5 Å². The van der Waals surface area contributed by atoms with E-state index in [4.69, 9.17) is 30.4 Å². The molecule has 10 nitrogen and oxygen atoms in total. The van der Waals surface area contributed by atoms with Crippen LogP contribution in [0, 0.1) is 0 Å². The minimum Gasteiger partial charge on any atom is -0.493 e. The highest BCUT2D eigenvalue weighted by atomic mass is 16.5. The standard InChI is InChI=1S/C19H27N5O5/c1-26-12-10-11(16(25)29-4)13(15(28-3)14(12)27-2)24-18(21)22-17(20)23-19(24)8-6-5-7-9-19/h10H,5-9H2,1-4H3,(H4,20,21,22,23). The molecule has 0 aromatic heterocycles. The molecule has 1 fully saturated rings. The van der Waals surface area contributed by atoms with Crippen LogP contribution in [0.25, 0.3) is 0 Å². The van der Waals surface area contributed by atoms with E-state index in [1.165, 1.54) is 34.5 Å². The second-order valence-electron chi connectivity index (χ2n) is 6.85. The Balaban J connectivity index is 2.35. The van der Waals surface area contributed by atoms with E-state index in [1.54, 1.807) is 4.90 Å². The van der Waals surface area contributed by atoms with Crippen molar-refractivity contribution >= 4 is 23.6 Å². The van der Waals surface area contributed by atoms with E-state index in [1.807, 2.05) is 0 Å². The lowest BCUT2D eigenvalue weighted by molar-refractivity contribution is 0.0600. The number of guanidine groups is 2. The second kappa shape index (κ2) is 8.06. The van der Waals surface area contributed by atoms with Gasteiger partial charge in [0.25, 0.3) is 0 Å². The maximum Gasteiger partial charge on any atom is 0.340 e. The molecule has 3 rings (SSSR count). The summed E-state index contributed by atoms with van der Waals surface area (Å²) in [6, 6.07) is 1.54. The highest BCUT2D eigenvalue weighted by molar-refractivity contribution is 6.11. The molecule has 0 saturated heterocycles. The Morgan fingerprint density at radius 3 is 2.24 bits per heavy atom. The first kappa shape index (κ1) is 20.6. The number of hydrogen-bond donors (Lipinski definition) is 2. The quantitative estimate of drug-likeness (QED) is 0.706. The minimum absolute atomic E-state index is 0.111. The Hall–Kier alpha value is -3.17. The molecule has 1 aliphatic carbocycles. The van der Waals surface area contributed by atoms with Crippen molar-refractivity contribution in [1.82, 2.24) is 0 Å². The van der Waals surface area contributed by atoms with Gasteiger partial charge in [0.15, 0.2) is 11.5 Å². The third-order valence-electron chi connectivity index (χ3n) is 5.28. The maximum absolute atomic E-state index is 12.7. The number of nitrogens with two attached hydrogens (primary N) is 2. The Kier molecular flexibility index (Phi) is 5.71. The first-order valence-electron chi connectivity index (χ1n) is 9.33. The zero-order chi connectivity index (χ0) is 21.2. The summed E-state index contributed by atoms with van der Waals surface area (Å²) in [6.45, 7) is 0. The molecular formula is C19H27N5O5. The molecule has 4 N–H and O–H groups in total. The number of carbonyl (C=O) groups is 1. The summed E-state index contributed by atoms with van der Waals surface area (Å²) in [7, 11) is 5.74. The van der Waals surface area contributed by atoms with E-state index in [0.29, 0.717) is 30.0 Å². The molecule has 1 saturated carbocycles. The molecule has 158 valence electrons. The van der Waals surface area contributed by atoms with Crippen LogP contribution in [-0.2, 0) is 4.74 Å². The molecule has 29 heavy (non-hydrogen) atoms. The molecule has 1 spiro atoms. The largest absolute Gasteiger partial charge is 0.493 e. The van der Waals surface area contributed by atoms with Gasteiger partial charge in [0.05, 0.1) is 34.0 Å². The van der Waals surface area contributed by atoms with E-state index < -0.39 is 11.6 Å². The Bertz CT molecular complexity index is 861. The number of ether oxygens (including phenoxy) is 4. The van der Waals surface area contributed by atoms with Gasteiger partial charge in [-0.25, -0.2) is 9.79 Å². The van der Waals surface area contributed by atoms with E-state index in [9.17, 15) is 4.79 Å². The fourth-order valence-electron chi connectivity index (χ4n) is 4.07. The van der Waals surface area contributed by atoms with Crippen molar-refractivity contribution in [1.29, 1.82) is 0 Å². The third-order valence-corrected chi connectivity index (χ3v) is 5.28. The van der Waals surface area contributed by atoms with E-state index in [0.717, 1.165) is 19.3 Å². The monoisotopic (exact) mass is 405 g/mol. The molecule has 0 radical (unpaired) electrons. The van der Waals surface area contributed by atoms with Crippen LogP contribution in [0.1, 0.15) is 42.5 Å². The summed E-state index contributed by atoms with van der Waals surface area (Å²) in [6.07, 6.45) is 4.34. The van der Waals surface area contributed by atoms with Crippen LogP contribution in [-0.4, -0.2) is 52.0 Å². The fourth-order valence-corrected chi connectivity index (χ4v) is 4.07. The van der Waals surface area contributed by atoms with Gasteiger partial charge in [0.2, 0.25) is 17.7 Å². The normalized spacial score (nSPS) is 18.0. The summed E-state index contributed by atoms with van der Waals surface area (Å²) >= 11 is 0. The Morgan fingerprint density at radius 1 is 1.03 bits per heavy atom. The Morgan fingerprint density at radius 2 is 1.69 bits per heavy atom. The molecule has 1 aliphatic heterocycles. The second-order valence-corrected chi connectivity index (χ2v) is 6.85. The maximum atomic E-state index is 12.7. The van der Waals surface area contributed by atoms with Gasteiger partial charge in [-0.05, 0) is 25.7 Å². The van der Waals surface area contributed by atoms with Gasteiger partial charge >= 0.3 is 5.97 Å². The van der Waals surface area contributed by atoms with E-state index in [-0.39, 0.29) is 23.2 Å². The van der Waals surface area contributed by atoms with Gasteiger partial charge < -0.3 is 30.4 Å². The molecule has 10 heteroatoms. The van der Waals surface area contributed by atoms with Crippen LogP contribution >= 0.6 is 0 Å². The Labute approximate surface area is 169 Å². The number of aliphatic imine (C=N–C) groups is 2. The van der Waals surface area contributed by atoms with Crippen molar-refractivity contribution in [3.05, 3.63) is 11.6 Å². The number of methoxy groups -OCH3 is 4. The molecule has 2 aliphatic rings. The van der Waals surface area contributed by atoms with Crippen molar-refractivity contribution in [2.75, 3.05) is 33.3 Å². The smallest absolute Gasteiger partial charge is 0.340 e. The van der Waals surface area contributed by atoms with Crippen molar-refractivity contribution in [2.45, 2.75) is 37.8 Å². The number of hydrogen-bond acceptors (Lipinski definition) is 10. The van der Waals surface area contributed by atoms with Gasteiger partial charge in [-0.3, -0.25) is 4.90 Å². The van der Waals surface area contributed by atoms with Gasteiger partial charge in [0.1, 0.15) is 11.4 Å². The lowest BCUT2D eigenvalue weighted by Gasteiger charge is -2.46. The molecule has 1 heterocycles. The molecule has 0 unspecified atom stereocenters. The number of carbonyl (C=O) groups excluding carboxylic acids is 1. The van der Waals surface area contributed by atoms with Crippen molar-refractivity contribution < 1.29 is 23.7 Å². The summed E-state index contributed by atoms with van der Waals surface area (Å²) in [5.74, 6) is 0.557. The van der Waals surface area contributed by atoms with Crippen LogP contribution in [0.15, 0.2) is 16.1 Å². The van der Waals surface area contributed by atoms with Gasteiger partial charge in [0, 0.05) is 6.07 Å². The first-order chi connectivity index (χ1) is 13.9. The average Bonchev–Trinajstić information content (AvgIpc) is 2.72. The summed E-state index contributed by atoms with van der Waals surface area (Å²) in [4.78, 5) is 23.2. The minimum atomic E-state index is -0.774. The molecule has 1 aromatic carbocycles.